The van der Waals surface area contributed by atoms with Gasteiger partial charge in [0.25, 0.3) is 0 Å². The highest BCUT2D eigenvalue weighted by Gasteiger charge is 2.96. The van der Waals surface area contributed by atoms with Gasteiger partial charge in [0.05, 0.1) is 23.2 Å². The van der Waals surface area contributed by atoms with Crippen LogP contribution in [0.15, 0.2) is 0 Å². The molecule has 2 unspecified atom stereocenters. The largest absolute Gasteiger partial charge is 0.390 e. The van der Waals surface area contributed by atoms with Crippen molar-refractivity contribution in [1.82, 2.24) is 0 Å². The number of ether oxygens (including phenoxy) is 1. The minimum Gasteiger partial charge on any atom is -0.390 e. The summed E-state index contributed by atoms with van der Waals surface area (Å²) in [6.07, 6.45) is -0.571. The molecule has 1 aliphatic heterocycles. The molecule has 0 aromatic carbocycles. The van der Waals surface area contributed by atoms with Gasteiger partial charge in [0, 0.05) is 23.7 Å². The van der Waals surface area contributed by atoms with Crippen molar-refractivity contribution >= 4 is 0 Å². The summed E-state index contributed by atoms with van der Waals surface area (Å²) < 4.78 is 6.19. The highest BCUT2D eigenvalue weighted by molar-refractivity contribution is 5.42. The van der Waals surface area contributed by atoms with Crippen LogP contribution in [0.1, 0.15) is 53.9 Å². The molecule has 0 spiro atoms. The fourth-order valence-corrected chi connectivity index (χ4v) is 8.76. The molecule has 4 saturated carbocycles. The van der Waals surface area contributed by atoms with Gasteiger partial charge in [-0.15, -0.1) is 0 Å². The Kier molecular flexibility index (Phi) is 2.87. The van der Waals surface area contributed by atoms with Gasteiger partial charge in [0.1, 0.15) is 11.2 Å². The van der Waals surface area contributed by atoms with Crippen LogP contribution in [0.2, 0.25) is 0 Å². The molecule has 148 valence electrons. The minimum atomic E-state index is -1.80. The molecular formula is C20H32O6. The van der Waals surface area contributed by atoms with Crippen molar-refractivity contribution in [3.05, 3.63) is 0 Å². The molecule has 5 fully saturated rings. The Labute approximate surface area is 154 Å². The van der Waals surface area contributed by atoms with Crippen LogP contribution in [0, 0.1) is 34.5 Å². The van der Waals surface area contributed by atoms with E-state index in [-0.39, 0.29) is 18.3 Å². The first kappa shape index (κ1) is 17.8. The summed E-state index contributed by atoms with van der Waals surface area (Å²) in [5, 5.41) is 58.7. The normalized spacial score (nSPS) is 71.0. The molecule has 1 saturated heterocycles. The maximum Gasteiger partial charge on any atom is 0.177 e. The Morgan fingerprint density at radius 3 is 2.27 bits per heavy atom. The number of rotatable bonds is 1. The van der Waals surface area contributed by atoms with Gasteiger partial charge in [-0.05, 0) is 31.6 Å². The second-order valence-corrected chi connectivity index (χ2v) is 10.7. The van der Waals surface area contributed by atoms with E-state index in [2.05, 4.69) is 6.92 Å². The summed E-state index contributed by atoms with van der Waals surface area (Å²) in [4.78, 5) is 0. The maximum absolute atomic E-state index is 12.1. The monoisotopic (exact) mass is 368 g/mol. The number of aliphatic hydroxyl groups excluding tert-OH is 1. The minimum absolute atomic E-state index is 0.103. The van der Waals surface area contributed by atoms with E-state index in [4.69, 9.17) is 4.74 Å². The molecule has 0 aromatic rings. The summed E-state index contributed by atoms with van der Waals surface area (Å²) >= 11 is 0. The van der Waals surface area contributed by atoms with Crippen molar-refractivity contribution in [3.63, 3.8) is 0 Å². The van der Waals surface area contributed by atoms with Crippen LogP contribution >= 0.6 is 0 Å². The highest BCUT2D eigenvalue weighted by atomic mass is 16.7. The zero-order valence-electron chi connectivity index (χ0n) is 16.2. The number of aliphatic hydroxyl groups is 5. The van der Waals surface area contributed by atoms with Gasteiger partial charge in [0.2, 0.25) is 0 Å². The predicted octanol–water partition coefficient (Wildman–Crippen LogP) is 0.390. The second kappa shape index (κ2) is 4.19. The Morgan fingerprint density at radius 2 is 1.69 bits per heavy atom. The van der Waals surface area contributed by atoms with Crippen molar-refractivity contribution in [3.8, 4) is 0 Å². The third-order valence-corrected chi connectivity index (χ3v) is 10.0. The van der Waals surface area contributed by atoms with Crippen molar-refractivity contribution in [2.45, 2.75) is 88.7 Å². The van der Waals surface area contributed by atoms with Crippen molar-refractivity contribution < 1.29 is 30.3 Å². The molecule has 1 heterocycles. The second-order valence-electron chi connectivity index (χ2n) is 10.7. The lowest BCUT2D eigenvalue weighted by Gasteiger charge is -2.64. The van der Waals surface area contributed by atoms with Gasteiger partial charge >= 0.3 is 0 Å². The van der Waals surface area contributed by atoms with Crippen LogP contribution in [0.4, 0.5) is 0 Å². The zero-order valence-corrected chi connectivity index (χ0v) is 16.2. The van der Waals surface area contributed by atoms with E-state index in [0.29, 0.717) is 6.42 Å². The molecule has 0 aromatic heterocycles. The average Bonchev–Trinajstić information content (AvgIpc) is 2.91. The van der Waals surface area contributed by atoms with Crippen molar-refractivity contribution in [2.75, 3.05) is 0 Å². The molecule has 5 N–H and O–H groups in total. The SMILES string of the molecule is CC(C)[C@@]1(O)[C@H](O)C2[C@@]3(C)C[C@]4(O)O[C@H](C5[C@H](C)CC[C@@]53O)[C@]2(O)[C@]14C. The molecule has 6 nitrogen and oxygen atoms in total. The number of hydrogen-bond donors (Lipinski definition) is 5. The van der Waals surface area contributed by atoms with E-state index in [1.807, 2.05) is 6.92 Å². The van der Waals surface area contributed by atoms with Crippen LogP contribution in [-0.4, -0.2) is 60.3 Å². The molecule has 4 aliphatic carbocycles. The standard InChI is InChI=1S/C20H32O6/c1-9(2)19(24)13(21)12-15(4)8-18(23)16(19,5)20(12,25)14(26-18)11-10(3)6-7-17(11,15)22/h9-14,21-25H,6-8H2,1-5H3/t10-,11?,12?,13-,14-,15-,16+,17-,18+,19-,20+/m1/s1. The zero-order chi connectivity index (χ0) is 19.3. The first-order chi connectivity index (χ1) is 11.8. The Bertz CT molecular complexity index is 698. The van der Waals surface area contributed by atoms with Gasteiger partial charge in [-0.2, -0.15) is 0 Å². The van der Waals surface area contributed by atoms with E-state index in [0.717, 1.165) is 6.42 Å². The smallest absolute Gasteiger partial charge is 0.177 e. The van der Waals surface area contributed by atoms with Crippen molar-refractivity contribution in [1.29, 1.82) is 0 Å². The molecular weight excluding hydrogens is 336 g/mol. The van der Waals surface area contributed by atoms with Gasteiger partial charge in [-0.1, -0.05) is 27.7 Å². The lowest BCUT2D eigenvalue weighted by Crippen LogP contribution is -2.77. The Hall–Kier alpha value is -0.240. The Balaban J connectivity index is 1.87. The summed E-state index contributed by atoms with van der Waals surface area (Å²) in [7, 11) is 0. The van der Waals surface area contributed by atoms with E-state index in [9.17, 15) is 25.5 Å². The first-order valence-electron chi connectivity index (χ1n) is 10.0. The maximum atomic E-state index is 12.1. The predicted molar refractivity (Wildman–Crippen MR) is 91.7 cm³/mol. The highest BCUT2D eigenvalue weighted by Crippen LogP contribution is 2.83. The number of fused-ring (bicyclic) bond motifs is 3. The number of hydrogen-bond acceptors (Lipinski definition) is 6. The molecule has 5 rings (SSSR count). The Morgan fingerprint density at radius 1 is 1.08 bits per heavy atom. The molecule has 0 radical (unpaired) electrons. The summed E-state index contributed by atoms with van der Waals surface area (Å²) in [5.41, 5.74) is -6.83. The third-order valence-electron chi connectivity index (χ3n) is 10.0. The molecule has 26 heavy (non-hydrogen) atoms. The lowest BCUT2D eigenvalue weighted by molar-refractivity contribution is -0.320. The molecule has 5 bridgehead atoms. The summed E-state index contributed by atoms with van der Waals surface area (Å²) in [6, 6.07) is 0. The quantitative estimate of drug-likeness (QED) is 0.458. The van der Waals surface area contributed by atoms with Crippen LogP contribution < -0.4 is 0 Å². The summed E-state index contributed by atoms with van der Waals surface area (Å²) in [5.74, 6) is -3.16. The average molecular weight is 368 g/mol. The van der Waals surface area contributed by atoms with Crippen LogP contribution in [0.25, 0.3) is 0 Å². The van der Waals surface area contributed by atoms with E-state index in [1.165, 1.54) is 0 Å². The fraction of sp³-hybridized carbons (Fsp3) is 1.00. The summed E-state index contributed by atoms with van der Waals surface area (Å²) in [6.45, 7) is 9.17. The van der Waals surface area contributed by atoms with E-state index in [1.54, 1.807) is 20.8 Å². The van der Waals surface area contributed by atoms with Crippen LogP contribution in [0.3, 0.4) is 0 Å². The van der Waals surface area contributed by atoms with Gasteiger partial charge in [-0.3, -0.25) is 0 Å². The fourth-order valence-electron chi connectivity index (χ4n) is 8.76. The molecule has 5 aliphatic rings. The van der Waals surface area contributed by atoms with Gasteiger partial charge < -0.3 is 30.3 Å². The first-order valence-corrected chi connectivity index (χ1v) is 10.0. The van der Waals surface area contributed by atoms with Crippen LogP contribution in [-0.2, 0) is 4.74 Å². The molecule has 0 amide bonds. The van der Waals surface area contributed by atoms with Crippen LogP contribution in [0.5, 0.6) is 0 Å². The van der Waals surface area contributed by atoms with Gasteiger partial charge in [0.15, 0.2) is 5.79 Å². The van der Waals surface area contributed by atoms with E-state index < -0.39 is 57.5 Å². The topological polar surface area (TPSA) is 110 Å². The van der Waals surface area contributed by atoms with Gasteiger partial charge in [-0.25, -0.2) is 0 Å². The van der Waals surface area contributed by atoms with Crippen molar-refractivity contribution in [2.24, 2.45) is 34.5 Å². The third kappa shape index (κ3) is 1.21. The lowest BCUT2D eigenvalue weighted by atomic mass is 9.41. The molecule has 6 heteroatoms. The van der Waals surface area contributed by atoms with E-state index >= 15 is 0 Å². The molecule has 11 atom stereocenters.